The second-order valence-corrected chi connectivity index (χ2v) is 7.51. The van der Waals surface area contributed by atoms with E-state index in [4.69, 9.17) is 10.5 Å². The number of aromatic nitrogens is 3. The van der Waals surface area contributed by atoms with Crippen molar-refractivity contribution < 1.29 is 14.3 Å². The Bertz CT molecular complexity index is 1130. The van der Waals surface area contributed by atoms with Crippen molar-refractivity contribution in [2.75, 3.05) is 18.0 Å². The monoisotopic (exact) mass is 432 g/mol. The lowest BCUT2D eigenvalue weighted by molar-refractivity contribution is -0.117. The molecule has 2 amide bonds. The van der Waals surface area contributed by atoms with Crippen molar-refractivity contribution in [2.45, 2.75) is 19.0 Å². The Hall–Kier alpha value is -4.14. The van der Waals surface area contributed by atoms with E-state index < -0.39 is 5.91 Å². The average molecular weight is 432 g/mol. The maximum absolute atomic E-state index is 11.9. The van der Waals surface area contributed by atoms with Crippen LogP contribution in [-0.4, -0.2) is 45.7 Å². The smallest absolute Gasteiger partial charge is 0.254 e. The van der Waals surface area contributed by atoms with Crippen LogP contribution >= 0.6 is 0 Å². The fourth-order valence-corrected chi connectivity index (χ4v) is 3.60. The number of hydrogen-bond donors (Lipinski definition) is 2. The van der Waals surface area contributed by atoms with Crippen LogP contribution < -0.4 is 20.7 Å². The molecule has 4 rings (SSSR count). The van der Waals surface area contributed by atoms with Gasteiger partial charge in [0.15, 0.2) is 5.75 Å². The first-order valence-corrected chi connectivity index (χ1v) is 10.2. The fraction of sp³-hybridized carbons (Fsp3) is 0.217. The number of nitrogens with zero attached hydrogens (tertiary/aromatic N) is 4. The highest BCUT2D eigenvalue weighted by molar-refractivity contribution is 5.95. The molecule has 1 atom stereocenters. The van der Waals surface area contributed by atoms with Crippen LogP contribution in [0, 0.1) is 0 Å². The number of rotatable bonds is 8. The third-order valence-electron chi connectivity index (χ3n) is 5.19. The lowest BCUT2D eigenvalue weighted by atomic mass is 10.2. The summed E-state index contributed by atoms with van der Waals surface area (Å²) in [5.41, 5.74) is 6.81. The van der Waals surface area contributed by atoms with E-state index in [9.17, 15) is 9.59 Å². The van der Waals surface area contributed by atoms with Crippen LogP contribution in [0.2, 0.25) is 0 Å². The van der Waals surface area contributed by atoms with Gasteiger partial charge in [-0.1, -0.05) is 36.9 Å². The molecule has 1 aliphatic rings. The number of anilines is 1. The Labute approximate surface area is 185 Å². The van der Waals surface area contributed by atoms with Gasteiger partial charge in [0, 0.05) is 31.4 Å². The second kappa shape index (κ2) is 9.34. The average Bonchev–Trinajstić information content (AvgIpc) is 3.43. The number of pyridine rings is 1. The molecule has 2 aromatic heterocycles. The van der Waals surface area contributed by atoms with Gasteiger partial charge in [-0.15, -0.1) is 0 Å². The van der Waals surface area contributed by atoms with Crippen molar-refractivity contribution in [3.8, 4) is 11.5 Å². The lowest BCUT2D eigenvalue weighted by Gasteiger charge is -2.19. The Balaban J connectivity index is 1.50. The molecule has 1 unspecified atom stereocenters. The summed E-state index contributed by atoms with van der Waals surface area (Å²) in [6, 6.07) is 11.6. The van der Waals surface area contributed by atoms with E-state index in [1.54, 1.807) is 23.1 Å². The van der Waals surface area contributed by atoms with Gasteiger partial charge in [-0.3, -0.25) is 14.3 Å². The predicted octanol–water partition coefficient (Wildman–Crippen LogP) is 2.10. The summed E-state index contributed by atoms with van der Waals surface area (Å²) < 4.78 is 7.72. The molecule has 9 nitrogen and oxygen atoms in total. The van der Waals surface area contributed by atoms with Crippen LogP contribution in [0.25, 0.3) is 0 Å². The largest absolute Gasteiger partial charge is 0.453 e. The van der Waals surface area contributed by atoms with Gasteiger partial charge >= 0.3 is 0 Å². The van der Waals surface area contributed by atoms with Crippen LogP contribution in [0.15, 0.2) is 67.6 Å². The molecule has 9 heteroatoms. The molecule has 0 saturated carbocycles. The minimum Gasteiger partial charge on any atom is -0.453 e. The minimum atomic E-state index is -0.631. The van der Waals surface area contributed by atoms with Crippen LogP contribution in [0.1, 0.15) is 22.3 Å². The van der Waals surface area contributed by atoms with E-state index in [2.05, 4.69) is 22.0 Å². The molecule has 3 heterocycles. The molecule has 0 bridgehead atoms. The second-order valence-electron chi connectivity index (χ2n) is 7.51. The molecular weight excluding hydrogens is 408 g/mol. The zero-order valence-electron chi connectivity index (χ0n) is 17.5. The number of carbonyl (C=O) groups is 2. The van der Waals surface area contributed by atoms with E-state index in [0.29, 0.717) is 37.0 Å². The zero-order valence-corrected chi connectivity index (χ0v) is 17.5. The number of primary amides is 1. The zero-order chi connectivity index (χ0) is 22.5. The Kier molecular flexibility index (Phi) is 6.16. The van der Waals surface area contributed by atoms with Crippen LogP contribution in [0.5, 0.6) is 11.5 Å². The number of amides is 2. The first-order valence-electron chi connectivity index (χ1n) is 10.2. The van der Waals surface area contributed by atoms with E-state index in [0.717, 1.165) is 12.0 Å². The standard InChI is InChI=1S/C23H24N6O3/c1-2-22(30)27-17-8-9-28(14-17)21-10-20(19(12-25-21)23(24)31)32-18-11-26-29(15-18)13-16-6-4-3-5-7-16/h2-7,10-12,15,17H,1,8-9,13-14H2,(H2,24,31)(H,27,30). The Morgan fingerprint density at radius 2 is 2.09 bits per heavy atom. The Morgan fingerprint density at radius 1 is 1.28 bits per heavy atom. The topological polar surface area (TPSA) is 115 Å². The molecule has 1 saturated heterocycles. The quantitative estimate of drug-likeness (QED) is 0.527. The number of nitrogens with one attached hydrogen (secondary N) is 1. The van der Waals surface area contributed by atoms with Gasteiger partial charge in [-0.05, 0) is 18.1 Å². The van der Waals surface area contributed by atoms with Crippen molar-refractivity contribution in [3.63, 3.8) is 0 Å². The first-order chi connectivity index (χ1) is 15.5. The summed E-state index contributed by atoms with van der Waals surface area (Å²) in [6.07, 6.45) is 6.80. The molecule has 0 radical (unpaired) electrons. The summed E-state index contributed by atoms with van der Waals surface area (Å²) in [5, 5.41) is 7.22. The Morgan fingerprint density at radius 3 is 2.84 bits per heavy atom. The molecule has 1 aliphatic heterocycles. The molecule has 1 aromatic carbocycles. The molecule has 32 heavy (non-hydrogen) atoms. The summed E-state index contributed by atoms with van der Waals surface area (Å²) >= 11 is 0. The molecule has 0 spiro atoms. The predicted molar refractivity (Wildman–Crippen MR) is 120 cm³/mol. The van der Waals surface area contributed by atoms with E-state index >= 15 is 0 Å². The number of benzene rings is 1. The van der Waals surface area contributed by atoms with Gasteiger partial charge in [0.2, 0.25) is 5.91 Å². The normalized spacial score (nSPS) is 15.4. The number of nitrogens with two attached hydrogens (primary N) is 1. The van der Waals surface area contributed by atoms with Crippen molar-refractivity contribution in [2.24, 2.45) is 5.73 Å². The molecule has 3 N–H and O–H groups in total. The minimum absolute atomic E-state index is 0.00120. The van der Waals surface area contributed by atoms with Gasteiger partial charge in [-0.2, -0.15) is 5.10 Å². The summed E-state index contributed by atoms with van der Waals surface area (Å²) in [7, 11) is 0. The first kappa shape index (κ1) is 21.1. The molecule has 3 aromatic rings. The van der Waals surface area contributed by atoms with Gasteiger partial charge in [0.25, 0.3) is 5.91 Å². The molecular formula is C23H24N6O3. The summed E-state index contributed by atoms with van der Waals surface area (Å²) in [4.78, 5) is 29.9. The number of carbonyl (C=O) groups excluding carboxylic acids is 2. The van der Waals surface area contributed by atoms with Crippen molar-refractivity contribution in [3.05, 3.63) is 78.8 Å². The van der Waals surface area contributed by atoms with E-state index in [1.807, 2.05) is 35.2 Å². The molecule has 0 aliphatic carbocycles. The third kappa shape index (κ3) is 4.94. The maximum Gasteiger partial charge on any atom is 0.254 e. The molecule has 1 fully saturated rings. The van der Waals surface area contributed by atoms with Crippen molar-refractivity contribution in [1.82, 2.24) is 20.1 Å². The van der Waals surface area contributed by atoms with Crippen LogP contribution in [0.4, 0.5) is 5.82 Å². The lowest BCUT2D eigenvalue weighted by Crippen LogP contribution is -2.36. The van der Waals surface area contributed by atoms with Gasteiger partial charge in [-0.25, -0.2) is 4.98 Å². The van der Waals surface area contributed by atoms with Gasteiger partial charge in [0.1, 0.15) is 17.1 Å². The number of hydrogen-bond acceptors (Lipinski definition) is 6. The highest BCUT2D eigenvalue weighted by Crippen LogP contribution is 2.29. The van der Waals surface area contributed by atoms with Gasteiger partial charge in [0.05, 0.1) is 18.9 Å². The maximum atomic E-state index is 11.9. The highest BCUT2D eigenvalue weighted by atomic mass is 16.5. The van der Waals surface area contributed by atoms with E-state index in [-0.39, 0.29) is 17.5 Å². The number of ether oxygens (including phenoxy) is 1. The SMILES string of the molecule is C=CC(=O)NC1CCN(c2cc(Oc3cnn(Cc4ccccc4)c3)c(C(N)=O)cn2)C1. The third-order valence-corrected chi connectivity index (χ3v) is 5.19. The van der Waals surface area contributed by atoms with Crippen LogP contribution in [0.3, 0.4) is 0 Å². The molecule has 164 valence electrons. The van der Waals surface area contributed by atoms with Crippen molar-refractivity contribution >= 4 is 17.6 Å². The van der Waals surface area contributed by atoms with Crippen LogP contribution in [-0.2, 0) is 11.3 Å². The summed E-state index contributed by atoms with van der Waals surface area (Å²) in [6.45, 7) is 5.38. The fourth-order valence-electron chi connectivity index (χ4n) is 3.60. The summed E-state index contributed by atoms with van der Waals surface area (Å²) in [5.74, 6) is 0.592. The van der Waals surface area contributed by atoms with E-state index in [1.165, 1.54) is 12.3 Å². The van der Waals surface area contributed by atoms with Crippen molar-refractivity contribution in [1.29, 1.82) is 0 Å². The highest BCUT2D eigenvalue weighted by Gasteiger charge is 2.25. The van der Waals surface area contributed by atoms with Gasteiger partial charge < -0.3 is 20.7 Å².